The minimum Gasteiger partial charge on any atom is -0.439 e. The van der Waals surface area contributed by atoms with E-state index in [9.17, 15) is 0 Å². The minimum absolute atomic E-state index is 0.111. The fraction of sp³-hybridized carbons (Fsp3) is 0.250. The molecule has 2 nitrogen and oxygen atoms in total. The van der Waals surface area contributed by atoms with Crippen LogP contribution >= 0.6 is 11.8 Å². The highest BCUT2D eigenvalue weighted by atomic mass is 32.2. The summed E-state index contributed by atoms with van der Waals surface area (Å²) in [5.74, 6) is 1.83. The van der Waals surface area contributed by atoms with Crippen molar-refractivity contribution in [2.45, 2.75) is 50.8 Å². The molecule has 0 radical (unpaired) electrons. The average Bonchev–Trinajstić information content (AvgIpc) is 2.74. The van der Waals surface area contributed by atoms with E-state index in [1.54, 1.807) is 11.8 Å². The van der Waals surface area contributed by atoms with Gasteiger partial charge in [-0.25, -0.2) is 4.99 Å². The zero-order chi connectivity index (χ0) is 22.3. The van der Waals surface area contributed by atoms with Gasteiger partial charge in [0.15, 0.2) is 0 Å². The van der Waals surface area contributed by atoms with Crippen molar-refractivity contribution < 1.29 is 4.74 Å². The predicted octanol–water partition coefficient (Wildman–Crippen LogP) is 8.52. The number of nitrogens with zero attached hydrogens (tertiary/aromatic N) is 1. The van der Waals surface area contributed by atoms with E-state index in [0.29, 0.717) is 11.8 Å². The van der Waals surface area contributed by atoms with Crippen molar-refractivity contribution in [3.05, 3.63) is 101 Å². The van der Waals surface area contributed by atoms with Crippen molar-refractivity contribution in [1.29, 1.82) is 0 Å². The maximum atomic E-state index is 6.15. The predicted molar refractivity (Wildman–Crippen MR) is 135 cm³/mol. The Labute approximate surface area is 191 Å². The van der Waals surface area contributed by atoms with Crippen molar-refractivity contribution in [1.82, 2.24) is 0 Å². The quantitative estimate of drug-likeness (QED) is 0.222. The van der Waals surface area contributed by atoms with Crippen LogP contribution < -0.4 is 4.74 Å². The molecule has 0 atom stereocenters. The van der Waals surface area contributed by atoms with Crippen LogP contribution in [-0.4, -0.2) is 5.90 Å². The first-order chi connectivity index (χ1) is 14.8. The Kier molecular flexibility index (Phi) is 7.75. The zero-order valence-electron chi connectivity index (χ0n) is 19.0. The van der Waals surface area contributed by atoms with Gasteiger partial charge in [-0.1, -0.05) is 88.8 Å². The van der Waals surface area contributed by atoms with Crippen LogP contribution in [0.15, 0.2) is 100 Å². The SMILES string of the molecule is CC(C)c1ccc(N=C(C=CSc2ccccc2)Oc2ccc(C(C)(C)C)cc2)cc1. The summed E-state index contributed by atoms with van der Waals surface area (Å²) in [5, 5.41) is 2.01. The summed E-state index contributed by atoms with van der Waals surface area (Å²) in [6.45, 7) is 11.0. The molecule has 0 aliphatic rings. The molecule has 3 heteroatoms. The highest BCUT2D eigenvalue weighted by molar-refractivity contribution is 8.02. The number of ether oxygens (including phenoxy) is 1. The molecular weight excluding hydrogens is 398 g/mol. The maximum Gasteiger partial charge on any atom is 0.220 e. The second kappa shape index (κ2) is 10.5. The smallest absolute Gasteiger partial charge is 0.220 e. The van der Waals surface area contributed by atoms with E-state index in [0.717, 1.165) is 11.4 Å². The molecule has 0 amide bonds. The third-order valence-corrected chi connectivity index (χ3v) is 5.72. The number of hydrogen-bond donors (Lipinski definition) is 0. The largest absolute Gasteiger partial charge is 0.439 e. The van der Waals surface area contributed by atoms with Gasteiger partial charge in [0.25, 0.3) is 0 Å². The van der Waals surface area contributed by atoms with Crippen LogP contribution in [0.4, 0.5) is 5.69 Å². The van der Waals surface area contributed by atoms with Crippen LogP contribution in [0, 0.1) is 0 Å². The van der Waals surface area contributed by atoms with Crippen LogP contribution in [0.1, 0.15) is 51.7 Å². The lowest BCUT2D eigenvalue weighted by Crippen LogP contribution is -2.11. The van der Waals surface area contributed by atoms with Gasteiger partial charge in [-0.2, -0.15) is 0 Å². The topological polar surface area (TPSA) is 21.6 Å². The number of thioether (sulfide) groups is 1. The molecule has 0 N–H and O–H groups in total. The van der Waals surface area contributed by atoms with Crippen LogP contribution in [-0.2, 0) is 5.41 Å². The summed E-state index contributed by atoms with van der Waals surface area (Å²) in [5.41, 5.74) is 3.56. The number of rotatable bonds is 6. The van der Waals surface area contributed by atoms with Crippen LogP contribution in [0.5, 0.6) is 5.75 Å². The summed E-state index contributed by atoms with van der Waals surface area (Å²) in [6.07, 6.45) is 1.92. The van der Waals surface area contributed by atoms with E-state index in [1.807, 2.05) is 53.9 Å². The van der Waals surface area contributed by atoms with Gasteiger partial charge in [0, 0.05) is 11.0 Å². The second-order valence-electron chi connectivity index (χ2n) is 8.81. The molecule has 0 unspecified atom stereocenters. The Morgan fingerprint density at radius 3 is 2.10 bits per heavy atom. The third kappa shape index (κ3) is 7.15. The summed E-state index contributed by atoms with van der Waals surface area (Å²) in [7, 11) is 0. The molecule has 0 aromatic heterocycles. The lowest BCUT2D eigenvalue weighted by molar-refractivity contribution is 0.551. The lowest BCUT2D eigenvalue weighted by Gasteiger charge is -2.19. The van der Waals surface area contributed by atoms with E-state index in [-0.39, 0.29) is 5.41 Å². The molecule has 0 aliphatic carbocycles. The maximum absolute atomic E-state index is 6.15. The highest BCUT2D eigenvalue weighted by Gasteiger charge is 2.13. The van der Waals surface area contributed by atoms with Gasteiger partial charge in [0.05, 0.1) is 5.69 Å². The van der Waals surface area contributed by atoms with E-state index in [4.69, 9.17) is 9.73 Å². The van der Waals surface area contributed by atoms with Gasteiger partial charge < -0.3 is 4.74 Å². The number of aliphatic imine (C=N–C) groups is 1. The molecule has 0 bridgehead atoms. The summed E-state index contributed by atoms with van der Waals surface area (Å²) in [6, 6.07) is 26.9. The first-order valence-electron chi connectivity index (χ1n) is 10.7. The third-order valence-electron chi connectivity index (χ3n) is 4.90. The highest BCUT2D eigenvalue weighted by Crippen LogP contribution is 2.25. The van der Waals surface area contributed by atoms with E-state index in [1.165, 1.54) is 16.0 Å². The molecule has 3 aromatic rings. The average molecular weight is 430 g/mol. The molecule has 160 valence electrons. The molecular formula is C28H31NOS. The Morgan fingerprint density at radius 1 is 0.871 bits per heavy atom. The standard InChI is InChI=1S/C28H31NOS/c1-21(2)22-11-15-24(16-12-22)29-27(19-20-31-26-9-7-6-8-10-26)30-25-17-13-23(14-18-25)28(3,4)5/h6-21H,1-5H3. The summed E-state index contributed by atoms with van der Waals surface area (Å²) < 4.78 is 6.15. The second-order valence-corrected chi connectivity index (χ2v) is 9.79. The normalized spacial score (nSPS) is 12.5. The van der Waals surface area contributed by atoms with Crippen molar-refractivity contribution in [2.24, 2.45) is 4.99 Å². The van der Waals surface area contributed by atoms with E-state index >= 15 is 0 Å². The first-order valence-corrected chi connectivity index (χ1v) is 11.5. The molecule has 3 rings (SSSR count). The van der Waals surface area contributed by atoms with Gasteiger partial charge in [0.1, 0.15) is 5.75 Å². The Morgan fingerprint density at radius 2 is 1.52 bits per heavy atom. The molecule has 0 fully saturated rings. The van der Waals surface area contributed by atoms with Gasteiger partial charge >= 0.3 is 0 Å². The summed E-state index contributed by atoms with van der Waals surface area (Å²) in [4.78, 5) is 5.93. The van der Waals surface area contributed by atoms with Crippen molar-refractivity contribution in [2.75, 3.05) is 0 Å². The molecule has 0 aliphatic heterocycles. The monoisotopic (exact) mass is 429 g/mol. The van der Waals surface area contributed by atoms with Gasteiger partial charge in [-0.15, -0.1) is 0 Å². The van der Waals surface area contributed by atoms with Crippen LogP contribution in [0.2, 0.25) is 0 Å². The van der Waals surface area contributed by atoms with Crippen LogP contribution in [0.25, 0.3) is 0 Å². The molecule has 0 heterocycles. The van der Waals surface area contributed by atoms with Crippen molar-refractivity contribution >= 4 is 23.3 Å². The fourth-order valence-corrected chi connectivity index (χ4v) is 3.62. The van der Waals surface area contributed by atoms with Gasteiger partial charge in [0.2, 0.25) is 5.90 Å². The van der Waals surface area contributed by atoms with Gasteiger partial charge in [-0.3, -0.25) is 0 Å². The van der Waals surface area contributed by atoms with E-state index < -0.39 is 0 Å². The minimum atomic E-state index is 0.111. The molecule has 0 saturated heterocycles. The first kappa shape index (κ1) is 22.9. The Hall–Kier alpha value is -2.78. The zero-order valence-corrected chi connectivity index (χ0v) is 19.8. The van der Waals surface area contributed by atoms with Crippen molar-refractivity contribution in [3.63, 3.8) is 0 Å². The molecule has 3 aromatic carbocycles. The summed E-state index contributed by atoms with van der Waals surface area (Å²) >= 11 is 1.64. The van der Waals surface area contributed by atoms with E-state index in [2.05, 4.69) is 71.0 Å². The molecule has 31 heavy (non-hydrogen) atoms. The lowest BCUT2D eigenvalue weighted by atomic mass is 9.87. The fourth-order valence-electron chi connectivity index (χ4n) is 2.97. The van der Waals surface area contributed by atoms with Crippen LogP contribution in [0.3, 0.4) is 0 Å². The Balaban J connectivity index is 1.82. The number of benzene rings is 3. The van der Waals surface area contributed by atoms with Gasteiger partial charge in [-0.05, 0) is 64.3 Å². The van der Waals surface area contributed by atoms with Crippen molar-refractivity contribution in [3.8, 4) is 5.75 Å². The Bertz CT molecular complexity index is 1010. The molecule has 0 saturated carbocycles. The molecule has 0 spiro atoms. The number of hydrogen-bond acceptors (Lipinski definition) is 3.